The summed E-state index contributed by atoms with van der Waals surface area (Å²) in [5.41, 5.74) is 7.48. The van der Waals surface area contributed by atoms with Crippen molar-refractivity contribution >= 4 is 28.4 Å². The highest BCUT2D eigenvalue weighted by molar-refractivity contribution is 5.91. The molecule has 4 heteroatoms. The van der Waals surface area contributed by atoms with Gasteiger partial charge in [0.25, 0.3) is 0 Å². The minimum atomic E-state index is 0.150. The number of imidazole rings is 1. The fourth-order valence-electron chi connectivity index (χ4n) is 4.79. The van der Waals surface area contributed by atoms with Crippen LogP contribution in [0.3, 0.4) is 0 Å². The quantitative estimate of drug-likeness (QED) is 0.559. The standard InChI is InChI=1S/C25H28N4/c1-6-29-23-11-16(2)18(13-20(23)17(3)14-25(29,4)5)12-19(15-26)24-27-21-9-7-8-10-22(21)28-24/h7-13,17H,6,14H2,1-5H3,(H,27,28)/b19-12-/t17-/m0/s1. The highest BCUT2D eigenvalue weighted by atomic mass is 15.2. The van der Waals surface area contributed by atoms with Gasteiger partial charge in [-0.2, -0.15) is 5.26 Å². The van der Waals surface area contributed by atoms with Gasteiger partial charge in [-0.15, -0.1) is 0 Å². The van der Waals surface area contributed by atoms with E-state index < -0.39 is 0 Å². The molecule has 0 saturated heterocycles. The van der Waals surface area contributed by atoms with Crippen LogP contribution >= 0.6 is 0 Å². The van der Waals surface area contributed by atoms with E-state index in [1.54, 1.807) is 0 Å². The number of allylic oxidation sites excluding steroid dienone is 1. The van der Waals surface area contributed by atoms with Crippen LogP contribution in [0.2, 0.25) is 0 Å². The first kappa shape index (κ1) is 19.3. The first-order valence-electron chi connectivity index (χ1n) is 10.3. The van der Waals surface area contributed by atoms with Gasteiger partial charge in [-0.25, -0.2) is 4.98 Å². The van der Waals surface area contributed by atoms with Crippen LogP contribution in [-0.4, -0.2) is 22.1 Å². The summed E-state index contributed by atoms with van der Waals surface area (Å²) in [5.74, 6) is 1.10. The van der Waals surface area contributed by atoms with Gasteiger partial charge in [-0.3, -0.25) is 0 Å². The van der Waals surface area contributed by atoms with Crippen LogP contribution in [0.25, 0.3) is 22.7 Å². The third-order valence-corrected chi connectivity index (χ3v) is 6.15. The first-order chi connectivity index (χ1) is 13.8. The molecule has 0 fully saturated rings. The van der Waals surface area contributed by atoms with Gasteiger partial charge in [0, 0.05) is 17.8 Å². The summed E-state index contributed by atoms with van der Waals surface area (Å²) in [6.45, 7) is 12.3. The van der Waals surface area contributed by atoms with Gasteiger partial charge in [-0.1, -0.05) is 19.1 Å². The smallest absolute Gasteiger partial charge is 0.149 e. The molecule has 1 atom stereocenters. The minimum absolute atomic E-state index is 0.150. The molecule has 0 spiro atoms. The van der Waals surface area contributed by atoms with Gasteiger partial charge in [0.05, 0.1) is 16.6 Å². The number of aryl methyl sites for hydroxylation is 1. The number of nitrogens with zero attached hydrogens (tertiary/aromatic N) is 3. The van der Waals surface area contributed by atoms with Crippen LogP contribution in [-0.2, 0) is 0 Å². The van der Waals surface area contributed by atoms with Crippen molar-refractivity contribution in [3.8, 4) is 6.07 Å². The minimum Gasteiger partial charge on any atom is -0.366 e. The summed E-state index contributed by atoms with van der Waals surface area (Å²) in [6, 6.07) is 14.8. The number of benzene rings is 2. The lowest BCUT2D eigenvalue weighted by Gasteiger charge is -2.47. The Morgan fingerprint density at radius 1 is 1.34 bits per heavy atom. The van der Waals surface area contributed by atoms with E-state index in [1.807, 2.05) is 30.3 Å². The Labute approximate surface area is 172 Å². The van der Waals surface area contributed by atoms with E-state index in [0.717, 1.165) is 29.6 Å². The summed E-state index contributed by atoms with van der Waals surface area (Å²) in [7, 11) is 0. The zero-order valence-electron chi connectivity index (χ0n) is 17.9. The molecule has 4 nitrogen and oxygen atoms in total. The second-order valence-electron chi connectivity index (χ2n) is 8.70. The number of rotatable bonds is 3. The average Bonchev–Trinajstić information content (AvgIpc) is 3.10. The highest BCUT2D eigenvalue weighted by Crippen LogP contribution is 2.44. The second-order valence-corrected chi connectivity index (χ2v) is 8.70. The van der Waals surface area contributed by atoms with E-state index in [9.17, 15) is 5.26 Å². The molecule has 0 aliphatic carbocycles. The zero-order chi connectivity index (χ0) is 20.8. The molecule has 29 heavy (non-hydrogen) atoms. The molecule has 2 aromatic carbocycles. The maximum Gasteiger partial charge on any atom is 0.149 e. The van der Waals surface area contributed by atoms with Crippen LogP contribution in [0.15, 0.2) is 36.4 Å². The van der Waals surface area contributed by atoms with Crippen LogP contribution < -0.4 is 4.90 Å². The van der Waals surface area contributed by atoms with Crippen molar-refractivity contribution in [3.05, 3.63) is 58.9 Å². The van der Waals surface area contributed by atoms with E-state index in [-0.39, 0.29) is 5.54 Å². The zero-order valence-corrected chi connectivity index (χ0v) is 17.9. The molecule has 0 unspecified atom stereocenters. The molecule has 1 N–H and O–H groups in total. The lowest BCUT2D eigenvalue weighted by atomic mass is 9.79. The molecule has 1 aliphatic heterocycles. The summed E-state index contributed by atoms with van der Waals surface area (Å²) in [6.07, 6.45) is 3.09. The SMILES string of the molecule is CCN1c2cc(C)c(/C=C(/C#N)c3nc4ccccc4[nH]3)cc2[C@@H](C)CC1(C)C. The first-order valence-corrected chi connectivity index (χ1v) is 10.3. The number of aromatic nitrogens is 2. The van der Waals surface area contributed by atoms with Crippen LogP contribution in [0.4, 0.5) is 5.69 Å². The molecule has 0 radical (unpaired) electrons. The highest BCUT2D eigenvalue weighted by Gasteiger charge is 2.35. The Morgan fingerprint density at radius 3 is 2.79 bits per heavy atom. The Balaban J connectivity index is 1.81. The van der Waals surface area contributed by atoms with Crippen molar-refractivity contribution in [3.63, 3.8) is 0 Å². The fourth-order valence-corrected chi connectivity index (χ4v) is 4.79. The summed E-state index contributed by atoms with van der Waals surface area (Å²) < 4.78 is 0. The van der Waals surface area contributed by atoms with Gasteiger partial charge in [0.2, 0.25) is 0 Å². The Morgan fingerprint density at radius 2 is 2.10 bits per heavy atom. The van der Waals surface area contributed by atoms with E-state index in [2.05, 4.69) is 67.7 Å². The predicted molar refractivity (Wildman–Crippen MR) is 121 cm³/mol. The summed E-state index contributed by atoms with van der Waals surface area (Å²) in [4.78, 5) is 10.4. The molecular weight excluding hydrogens is 356 g/mol. The number of H-pyrrole nitrogens is 1. The lowest BCUT2D eigenvalue weighted by molar-refractivity contribution is 0.381. The van der Waals surface area contributed by atoms with Crippen LogP contribution in [0.1, 0.15) is 62.5 Å². The molecule has 1 aromatic heterocycles. The van der Waals surface area contributed by atoms with Crippen molar-refractivity contribution in [1.82, 2.24) is 9.97 Å². The van der Waals surface area contributed by atoms with Crippen molar-refractivity contribution in [2.24, 2.45) is 0 Å². The third kappa shape index (κ3) is 3.31. The number of anilines is 1. The maximum absolute atomic E-state index is 9.81. The largest absolute Gasteiger partial charge is 0.366 e. The molecule has 4 rings (SSSR count). The number of fused-ring (bicyclic) bond motifs is 2. The van der Waals surface area contributed by atoms with Gasteiger partial charge >= 0.3 is 0 Å². The number of aromatic amines is 1. The number of nitriles is 1. The second kappa shape index (κ2) is 7.08. The number of para-hydroxylation sites is 2. The monoisotopic (exact) mass is 384 g/mol. The van der Waals surface area contributed by atoms with Gasteiger partial charge in [-0.05, 0) is 87.1 Å². The van der Waals surface area contributed by atoms with Crippen molar-refractivity contribution in [2.75, 3.05) is 11.4 Å². The van der Waals surface area contributed by atoms with Crippen molar-refractivity contribution < 1.29 is 0 Å². The molecule has 2 heterocycles. The predicted octanol–water partition coefficient (Wildman–Crippen LogP) is 6.05. The van der Waals surface area contributed by atoms with Gasteiger partial charge in [0.15, 0.2) is 0 Å². The summed E-state index contributed by atoms with van der Waals surface area (Å²) in [5, 5.41) is 9.81. The van der Waals surface area contributed by atoms with Crippen LogP contribution in [0.5, 0.6) is 0 Å². The normalized spacial score (nSPS) is 18.6. The molecule has 0 bridgehead atoms. The van der Waals surface area contributed by atoms with E-state index in [1.165, 1.54) is 16.8 Å². The third-order valence-electron chi connectivity index (χ3n) is 6.15. The van der Waals surface area contributed by atoms with Gasteiger partial charge in [0.1, 0.15) is 11.9 Å². The number of hydrogen-bond acceptors (Lipinski definition) is 3. The Bertz CT molecular complexity index is 1110. The number of nitrogens with one attached hydrogen (secondary N) is 1. The number of hydrogen-bond donors (Lipinski definition) is 1. The van der Waals surface area contributed by atoms with Crippen LogP contribution in [0, 0.1) is 18.3 Å². The molecular formula is C25H28N4. The average molecular weight is 385 g/mol. The molecule has 0 saturated carbocycles. The molecule has 0 amide bonds. The fraction of sp³-hybridized carbons (Fsp3) is 0.360. The Hall–Kier alpha value is -3.06. The lowest BCUT2D eigenvalue weighted by Crippen LogP contribution is -2.48. The molecule has 3 aromatic rings. The van der Waals surface area contributed by atoms with Gasteiger partial charge < -0.3 is 9.88 Å². The van der Waals surface area contributed by atoms with E-state index >= 15 is 0 Å². The van der Waals surface area contributed by atoms with Crippen molar-refractivity contribution in [1.29, 1.82) is 5.26 Å². The summed E-state index contributed by atoms with van der Waals surface area (Å²) >= 11 is 0. The molecule has 148 valence electrons. The van der Waals surface area contributed by atoms with E-state index in [0.29, 0.717) is 17.3 Å². The maximum atomic E-state index is 9.81. The molecule has 1 aliphatic rings. The van der Waals surface area contributed by atoms with E-state index in [4.69, 9.17) is 0 Å². The Kier molecular flexibility index (Phi) is 4.70. The topological polar surface area (TPSA) is 55.7 Å². The van der Waals surface area contributed by atoms with Crippen molar-refractivity contribution in [2.45, 2.75) is 52.5 Å².